The van der Waals surface area contributed by atoms with Crippen LogP contribution in [0.3, 0.4) is 0 Å². The molecule has 2 aliphatic rings. The second-order valence-corrected chi connectivity index (χ2v) is 6.23. The average Bonchev–Trinajstić information content (AvgIpc) is 2.61. The Hall–Kier alpha value is -1.09. The van der Waals surface area contributed by atoms with Gasteiger partial charge in [0, 0.05) is 50.9 Å². The van der Waals surface area contributed by atoms with Crippen molar-refractivity contribution in [1.29, 1.82) is 0 Å². The number of hydrogen-bond donors (Lipinski definition) is 1. The van der Waals surface area contributed by atoms with Crippen LogP contribution in [0.2, 0.25) is 0 Å². The Balaban J connectivity index is 0.00000208. The van der Waals surface area contributed by atoms with Gasteiger partial charge in [-0.2, -0.15) is 0 Å². The molecule has 2 aliphatic heterocycles. The summed E-state index contributed by atoms with van der Waals surface area (Å²) in [5.74, 6) is 0.938. The lowest BCUT2D eigenvalue weighted by atomic mass is 10.0. The van der Waals surface area contributed by atoms with Gasteiger partial charge in [-0.3, -0.25) is 4.99 Å². The van der Waals surface area contributed by atoms with E-state index >= 15 is 0 Å². The van der Waals surface area contributed by atoms with Gasteiger partial charge in [-0.05, 0) is 37.1 Å². The average molecular weight is 448 g/mol. The number of halogens is 2. The predicted octanol–water partition coefficient (Wildman–Crippen LogP) is 2.31. The molecule has 1 atom stereocenters. The fourth-order valence-electron chi connectivity index (χ4n) is 3.12. The highest BCUT2D eigenvalue weighted by Gasteiger charge is 2.19. The SMILES string of the molecule is I.NC(=NCC1CCCOC1)N1CCN(c2ccc(F)cc2)CC1. The van der Waals surface area contributed by atoms with E-state index in [1.807, 2.05) is 12.1 Å². The molecule has 7 heteroatoms. The van der Waals surface area contributed by atoms with Crippen molar-refractivity contribution >= 4 is 35.6 Å². The van der Waals surface area contributed by atoms with E-state index in [1.54, 1.807) is 0 Å². The van der Waals surface area contributed by atoms with Crippen LogP contribution in [-0.4, -0.2) is 56.8 Å². The van der Waals surface area contributed by atoms with Crippen molar-refractivity contribution < 1.29 is 9.13 Å². The maximum absolute atomic E-state index is 13.0. The lowest BCUT2D eigenvalue weighted by molar-refractivity contribution is 0.0581. The molecular weight excluding hydrogens is 422 g/mol. The first-order valence-electron chi connectivity index (χ1n) is 8.35. The van der Waals surface area contributed by atoms with Crippen molar-refractivity contribution in [3.05, 3.63) is 30.1 Å². The van der Waals surface area contributed by atoms with Gasteiger partial charge in [-0.1, -0.05) is 0 Å². The Bertz CT molecular complexity index is 526. The molecule has 134 valence electrons. The predicted molar refractivity (Wildman–Crippen MR) is 106 cm³/mol. The lowest BCUT2D eigenvalue weighted by Crippen LogP contribution is -2.51. The van der Waals surface area contributed by atoms with Gasteiger partial charge in [-0.25, -0.2) is 4.39 Å². The van der Waals surface area contributed by atoms with E-state index in [2.05, 4.69) is 14.8 Å². The number of nitrogens with two attached hydrogens (primary N) is 1. The standard InChI is InChI=1S/C17H25FN4O.HI/c18-15-3-5-16(6-4-15)21-7-9-22(10-8-21)17(19)20-12-14-2-1-11-23-13-14;/h3-6,14H,1-2,7-13H2,(H2,19,20);1H. The zero-order valence-electron chi connectivity index (χ0n) is 13.9. The van der Waals surface area contributed by atoms with Crippen molar-refractivity contribution in [2.75, 3.05) is 50.8 Å². The van der Waals surface area contributed by atoms with Gasteiger partial charge in [0.05, 0.1) is 6.61 Å². The number of piperazine rings is 1. The van der Waals surface area contributed by atoms with Gasteiger partial charge in [0.25, 0.3) is 0 Å². The zero-order chi connectivity index (χ0) is 16.1. The molecule has 0 aliphatic carbocycles. The summed E-state index contributed by atoms with van der Waals surface area (Å²) in [7, 11) is 0. The van der Waals surface area contributed by atoms with Crippen molar-refractivity contribution in [2.45, 2.75) is 12.8 Å². The minimum absolute atomic E-state index is 0. The van der Waals surface area contributed by atoms with Crippen molar-refractivity contribution in [3.63, 3.8) is 0 Å². The first-order valence-corrected chi connectivity index (χ1v) is 8.35. The summed E-state index contributed by atoms with van der Waals surface area (Å²) in [6.45, 7) is 5.85. The topological polar surface area (TPSA) is 54.1 Å². The van der Waals surface area contributed by atoms with Crippen molar-refractivity contribution in [2.24, 2.45) is 16.6 Å². The highest BCUT2D eigenvalue weighted by atomic mass is 127. The van der Waals surface area contributed by atoms with Gasteiger partial charge in [0.2, 0.25) is 0 Å². The maximum Gasteiger partial charge on any atom is 0.191 e. The van der Waals surface area contributed by atoms with E-state index in [4.69, 9.17) is 10.5 Å². The number of benzene rings is 1. The summed E-state index contributed by atoms with van der Waals surface area (Å²) in [6, 6.07) is 6.66. The number of anilines is 1. The number of hydrogen-bond acceptors (Lipinski definition) is 3. The summed E-state index contributed by atoms with van der Waals surface area (Å²) in [6.07, 6.45) is 2.30. The number of nitrogens with zero attached hydrogens (tertiary/aromatic N) is 3. The molecule has 2 N–H and O–H groups in total. The van der Waals surface area contributed by atoms with E-state index in [0.29, 0.717) is 11.9 Å². The number of guanidine groups is 1. The molecule has 3 rings (SSSR count). The van der Waals surface area contributed by atoms with E-state index in [-0.39, 0.29) is 29.8 Å². The zero-order valence-corrected chi connectivity index (χ0v) is 16.2. The number of ether oxygens (including phenoxy) is 1. The molecule has 0 radical (unpaired) electrons. The Kier molecular flexibility index (Phi) is 7.54. The van der Waals surface area contributed by atoms with Gasteiger partial charge in [0.1, 0.15) is 5.82 Å². The van der Waals surface area contributed by atoms with E-state index in [1.165, 1.54) is 18.6 Å². The second kappa shape index (κ2) is 9.41. The van der Waals surface area contributed by atoms with Crippen LogP contribution in [0.5, 0.6) is 0 Å². The molecule has 0 aromatic heterocycles. The molecule has 0 amide bonds. The first kappa shape index (κ1) is 19.2. The van der Waals surface area contributed by atoms with Crippen LogP contribution in [0.4, 0.5) is 10.1 Å². The van der Waals surface area contributed by atoms with Crippen LogP contribution in [0.15, 0.2) is 29.3 Å². The molecule has 2 heterocycles. The molecule has 1 unspecified atom stereocenters. The maximum atomic E-state index is 13.0. The third kappa shape index (κ3) is 5.20. The van der Waals surface area contributed by atoms with Crippen LogP contribution < -0.4 is 10.6 Å². The Labute approximate surface area is 160 Å². The summed E-state index contributed by atoms with van der Waals surface area (Å²) in [5, 5.41) is 0. The highest BCUT2D eigenvalue weighted by Crippen LogP contribution is 2.17. The molecule has 2 saturated heterocycles. The third-order valence-electron chi connectivity index (χ3n) is 4.56. The second-order valence-electron chi connectivity index (χ2n) is 6.23. The first-order chi connectivity index (χ1) is 11.2. The normalized spacial score (nSPS) is 22.2. The molecule has 1 aromatic carbocycles. The number of rotatable bonds is 3. The Morgan fingerprint density at radius 3 is 2.54 bits per heavy atom. The van der Waals surface area contributed by atoms with Crippen LogP contribution >= 0.6 is 24.0 Å². The van der Waals surface area contributed by atoms with Crippen LogP contribution in [0, 0.1) is 11.7 Å². The van der Waals surface area contributed by atoms with Gasteiger partial charge >= 0.3 is 0 Å². The minimum Gasteiger partial charge on any atom is -0.381 e. The quantitative estimate of drug-likeness (QED) is 0.438. The smallest absolute Gasteiger partial charge is 0.191 e. The van der Waals surface area contributed by atoms with E-state index in [9.17, 15) is 4.39 Å². The van der Waals surface area contributed by atoms with Crippen LogP contribution in [-0.2, 0) is 4.74 Å². The largest absolute Gasteiger partial charge is 0.381 e. The van der Waals surface area contributed by atoms with Gasteiger partial charge in [0.15, 0.2) is 5.96 Å². The molecule has 2 fully saturated rings. The summed E-state index contributed by atoms with van der Waals surface area (Å²) in [5.41, 5.74) is 7.19. The van der Waals surface area contributed by atoms with Crippen molar-refractivity contribution in [3.8, 4) is 0 Å². The summed E-state index contributed by atoms with van der Waals surface area (Å²) < 4.78 is 18.5. The van der Waals surface area contributed by atoms with Crippen LogP contribution in [0.1, 0.15) is 12.8 Å². The lowest BCUT2D eigenvalue weighted by Gasteiger charge is -2.36. The highest BCUT2D eigenvalue weighted by molar-refractivity contribution is 14.0. The van der Waals surface area contributed by atoms with Gasteiger partial charge in [-0.15, -0.1) is 24.0 Å². The van der Waals surface area contributed by atoms with Crippen LogP contribution in [0.25, 0.3) is 0 Å². The minimum atomic E-state index is -0.199. The van der Waals surface area contributed by atoms with Crippen molar-refractivity contribution in [1.82, 2.24) is 4.90 Å². The van der Waals surface area contributed by atoms with E-state index in [0.717, 1.165) is 58.0 Å². The van der Waals surface area contributed by atoms with Gasteiger partial charge < -0.3 is 20.3 Å². The summed E-state index contributed by atoms with van der Waals surface area (Å²) >= 11 is 0. The molecule has 24 heavy (non-hydrogen) atoms. The molecule has 5 nitrogen and oxygen atoms in total. The molecule has 0 spiro atoms. The fourth-order valence-corrected chi connectivity index (χ4v) is 3.12. The molecular formula is C17H26FIN4O. The van der Waals surface area contributed by atoms with E-state index < -0.39 is 0 Å². The molecule has 1 aromatic rings. The fraction of sp³-hybridized carbons (Fsp3) is 0.588. The monoisotopic (exact) mass is 448 g/mol. The Morgan fingerprint density at radius 1 is 1.21 bits per heavy atom. The third-order valence-corrected chi connectivity index (χ3v) is 4.56. The molecule has 0 bridgehead atoms. The summed E-state index contributed by atoms with van der Waals surface area (Å²) in [4.78, 5) is 8.93. The number of aliphatic imine (C=N–C) groups is 1. The molecule has 0 saturated carbocycles. The Morgan fingerprint density at radius 2 is 1.92 bits per heavy atom.